The fourth-order valence-electron chi connectivity index (χ4n) is 2.40. The van der Waals surface area contributed by atoms with Crippen LogP contribution in [0.4, 0.5) is 11.6 Å². The number of nitro groups is 1. The Morgan fingerprint density at radius 2 is 2.45 bits per heavy atom. The van der Waals surface area contributed by atoms with E-state index in [2.05, 4.69) is 15.3 Å². The van der Waals surface area contributed by atoms with Crippen molar-refractivity contribution in [1.82, 2.24) is 9.97 Å². The fourth-order valence-corrected chi connectivity index (χ4v) is 2.40. The van der Waals surface area contributed by atoms with E-state index in [0.717, 1.165) is 38.1 Å². The van der Waals surface area contributed by atoms with Gasteiger partial charge in [0.05, 0.1) is 22.6 Å². The van der Waals surface area contributed by atoms with Crippen LogP contribution in [0.25, 0.3) is 11.0 Å². The number of nitrogens with zero attached hydrogens (tertiary/aromatic N) is 2. The molecule has 1 aromatic carbocycles. The second kappa shape index (κ2) is 5.46. The topological polar surface area (TPSA) is 93.1 Å². The molecule has 0 spiro atoms. The average molecular weight is 276 g/mol. The fraction of sp³-hybridized carbons (Fsp3) is 0.462. The van der Waals surface area contributed by atoms with Crippen molar-refractivity contribution in [3.05, 3.63) is 28.3 Å². The number of aromatic amines is 1. The van der Waals surface area contributed by atoms with Gasteiger partial charge in [-0.25, -0.2) is 4.98 Å². The van der Waals surface area contributed by atoms with Gasteiger partial charge < -0.3 is 15.0 Å². The van der Waals surface area contributed by atoms with Gasteiger partial charge in [-0.2, -0.15) is 0 Å². The summed E-state index contributed by atoms with van der Waals surface area (Å²) in [4.78, 5) is 17.7. The first kappa shape index (κ1) is 12.9. The number of fused-ring (bicyclic) bond motifs is 1. The first-order valence-electron chi connectivity index (χ1n) is 6.68. The molecule has 1 aliphatic rings. The lowest BCUT2D eigenvalue weighted by Crippen LogP contribution is -2.24. The predicted molar refractivity (Wildman–Crippen MR) is 74.8 cm³/mol. The number of nitrogens with one attached hydrogen (secondary N) is 2. The molecule has 1 unspecified atom stereocenters. The van der Waals surface area contributed by atoms with Crippen LogP contribution in [-0.4, -0.2) is 34.6 Å². The molecule has 2 N–H and O–H groups in total. The number of anilines is 1. The summed E-state index contributed by atoms with van der Waals surface area (Å²) in [7, 11) is 0. The van der Waals surface area contributed by atoms with Crippen molar-refractivity contribution in [1.29, 1.82) is 0 Å². The Morgan fingerprint density at radius 3 is 3.20 bits per heavy atom. The molecule has 7 nitrogen and oxygen atoms in total. The standard InChI is InChI=1S/C13H16N4O3/c18-17(19)10-3-4-11-12(6-10)16-13(15-11)14-7-9-2-1-5-20-8-9/h3-4,6,9H,1-2,5,7-8H2,(H2,14,15,16). The Hall–Kier alpha value is -2.15. The number of nitro benzene ring substituents is 1. The molecule has 1 atom stereocenters. The summed E-state index contributed by atoms with van der Waals surface area (Å²) < 4.78 is 5.43. The Labute approximate surface area is 115 Å². The lowest BCUT2D eigenvalue weighted by molar-refractivity contribution is -0.384. The number of non-ortho nitro benzene ring substituents is 1. The quantitative estimate of drug-likeness (QED) is 0.660. The summed E-state index contributed by atoms with van der Waals surface area (Å²) in [5.41, 5.74) is 1.45. The Morgan fingerprint density at radius 1 is 1.55 bits per heavy atom. The molecule has 106 valence electrons. The van der Waals surface area contributed by atoms with Gasteiger partial charge in [-0.15, -0.1) is 0 Å². The van der Waals surface area contributed by atoms with Crippen LogP contribution in [0.2, 0.25) is 0 Å². The first-order valence-corrected chi connectivity index (χ1v) is 6.68. The molecule has 3 rings (SSSR count). The van der Waals surface area contributed by atoms with Crippen molar-refractivity contribution in [3.63, 3.8) is 0 Å². The van der Waals surface area contributed by atoms with Crippen LogP contribution < -0.4 is 5.32 Å². The molecule has 20 heavy (non-hydrogen) atoms. The summed E-state index contributed by atoms with van der Waals surface area (Å²) in [6.45, 7) is 2.42. The van der Waals surface area contributed by atoms with Crippen molar-refractivity contribution >= 4 is 22.7 Å². The highest BCUT2D eigenvalue weighted by Gasteiger charge is 2.14. The largest absolute Gasteiger partial charge is 0.381 e. The number of hydrogen-bond donors (Lipinski definition) is 2. The van der Waals surface area contributed by atoms with E-state index in [-0.39, 0.29) is 5.69 Å². The van der Waals surface area contributed by atoms with Gasteiger partial charge in [0.15, 0.2) is 0 Å². The zero-order valence-electron chi connectivity index (χ0n) is 11.0. The smallest absolute Gasteiger partial charge is 0.271 e. The Bertz CT molecular complexity index is 619. The maximum Gasteiger partial charge on any atom is 0.271 e. The molecule has 0 amide bonds. The highest BCUT2D eigenvalue weighted by Crippen LogP contribution is 2.21. The lowest BCUT2D eigenvalue weighted by atomic mass is 10.0. The highest BCUT2D eigenvalue weighted by atomic mass is 16.6. The number of ether oxygens (including phenoxy) is 1. The molecular weight excluding hydrogens is 260 g/mol. The number of benzene rings is 1. The van der Waals surface area contributed by atoms with Crippen molar-refractivity contribution in [2.75, 3.05) is 25.1 Å². The third-order valence-electron chi connectivity index (χ3n) is 3.49. The summed E-state index contributed by atoms with van der Waals surface area (Å²) in [5.74, 6) is 1.14. The summed E-state index contributed by atoms with van der Waals surface area (Å²) >= 11 is 0. The SMILES string of the molecule is O=[N+]([O-])c1ccc2nc(NCC3CCCOC3)[nH]c2c1. The van der Waals surface area contributed by atoms with Crippen molar-refractivity contribution in [2.24, 2.45) is 5.92 Å². The molecule has 0 aliphatic carbocycles. The van der Waals surface area contributed by atoms with Crippen LogP contribution in [0, 0.1) is 16.0 Å². The maximum absolute atomic E-state index is 10.7. The van der Waals surface area contributed by atoms with E-state index >= 15 is 0 Å². The summed E-state index contributed by atoms with van der Waals surface area (Å²) in [6.07, 6.45) is 2.25. The predicted octanol–water partition coefficient (Wildman–Crippen LogP) is 2.31. The summed E-state index contributed by atoms with van der Waals surface area (Å²) in [5, 5.41) is 14.0. The molecule has 1 aromatic heterocycles. The molecule has 0 bridgehead atoms. The number of hydrogen-bond acceptors (Lipinski definition) is 5. The number of imidazole rings is 1. The molecule has 7 heteroatoms. The number of aromatic nitrogens is 2. The monoisotopic (exact) mass is 276 g/mol. The molecular formula is C13H16N4O3. The van der Waals surface area contributed by atoms with Gasteiger partial charge in [0, 0.05) is 25.3 Å². The van der Waals surface area contributed by atoms with Crippen LogP contribution in [0.15, 0.2) is 18.2 Å². The van der Waals surface area contributed by atoms with Gasteiger partial charge in [0.2, 0.25) is 5.95 Å². The second-order valence-electron chi connectivity index (χ2n) is 5.01. The molecule has 1 saturated heterocycles. The Kier molecular flexibility index (Phi) is 3.51. The van der Waals surface area contributed by atoms with Gasteiger partial charge in [0.1, 0.15) is 0 Å². The molecule has 2 aromatic rings. The van der Waals surface area contributed by atoms with E-state index in [1.807, 2.05) is 0 Å². The van der Waals surface area contributed by atoms with Gasteiger partial charge in [-0.05, 0) is 24.8 Å². The van der Waals surface area contributed by atoms with E-state index in [4.69, 9.17) is 4.74 Å². The molecule has 1 fully saturated rings. The molecule has 2 heterocycles. The van der Waals surface area contributed by atoms with E-state index in [1.54, 1.807) is 6.07 Å². The molecule has 0 saturated carbocycles. The van der Waals surface area contributed by atoms with Crippen LogP contribution >= 0.6 is 0 Å². The van der Waals surface area contributed by atoms with Crippen LogP contribution in [0.5, 0.6) is 0 Å². The zero-order chi connectivity index (χ0) is 13.9. The van der Waals surface area contributed by atoms with Crippen molar-refractivity contribution in [3.8, 4) is 0 Å². The zero-order valence-corrected chi connectivity index (χ0v) is 11.0. The summed E-state index contributed by atoms with van der Waals surface area (Å²) in [6, 6.07) is 4.61. The van der Waals surface area contributed by atoms with Crippen molar-refractivity contribution < 1.29 is 9.66 Å². The normalized spacial score (nSPS) is 19.1. The number of rotatable bonds is 4. The number of H-pyrrole nitrogens is 1. The molecule has 0 radical (unpaired) electrons. The third-order valence-corrected chi connectivity index (χ3v) is 3.49. The van der Waals surface area contributed by atoms with E-state index in [9.17, 15) is 10.1 Å². The highest BCUT2D eigenvalue weighted by molar-refractivity contribution is 5.79. The third kappa shape index (κ3) is 2.72. The van der Waals surface area contributed by atoms with Gasteiger partial charge in [-0.1, -0.05) is 0 Å². The van der Waals surface area contributed by atoms with Gasteiger partial charge in [-0.3, -0.25) is 10.1 Å². The maximum atomic E-state index is 10.7. The van der Waals surface area contributed by atoms with E-state index < -0.39 is 4.92 Å². The van der Waals surface area contributed by atoms with Crippen LogP contribution in [-0.2, 0) is 4.74 Å². The second-order valence-corrected chi connectivity index (χ2v) is 5.01. The van der Waals surface area contributed by atoms with Crippen LogP contribution in [0.3, 0.4) is 0 Å². The minimum atomic E-state index is -0.410. The van der Waals surface area contributed by atoms with E-state index in [0.29, 0.717) is 17.4 Å². The minimum Gasteiger partial charge on any atom is -0.381 e. The Balaban J connectivity index is 1.70. The molecule has 1 aliphatic heterocycles. The minimum absolute atomic E-state index is 0.0633. The van der Waals surface area contributed by atoms with Gasteiger partial charge >= 0.3 is 0 Å². The van der Waals surface area contributed by atoms with Crippen LogP contribution in [0.1, 0.15) is 12.8 Å². The first-order chi connectivity index (χ1) is 9.72. The van der Waals surface area contributed by atoms with Crippen molar-refractivity contribution in [2.45, 2.75) is 12.8 Å². The average Bonchev–Trinajstić information content (AvgIpc) is 2.88. The lowest BCUT2D eigenvalue weighted by Gasteiger charge is -2.21. The van der Waals surface area contributed by atoms with Gasteiger partial charge in [0.25, 0.3) is 5.69 Å². The van der Waals surface area contributed by atoms with E-state index in [1.165, 1.54) is 12.1 Å².